The summed E-state index contributed by atoms with van der Waals surface area (Å²) in [6, 6.07) is 16.1. The number of rotatable bonds is 6. The molecule has 3 rings (SSSR count). The summed E-state index contributed by atoms with van der Waals surface area (Å²) in [6.45, 7) is 4.40. The van der Waals surface area contributed by atoms with Crippen LogP contribution in [0.2, 0.25) is 0 Å². The molecule has 2 aromatic carbocycles. The zero-order chi connectivity index (χ0) is 19.2. The summed E-state index contributed by atoms with van der Waals surface area (Å²) in [5.74, 6) is 0.971. The topological polar surface area (TPSA) is 42.0 Å². The van der Waals surface area contributed by atoms with Gasteiger partial charge in [-0.05, 0) is 42.3 Å². The predicted octanol–water partition coefficient (Wildman–Crippen LogP) is 3.29. The number of ether oxygens (including phenoxy) is 2. The van der Waals surface area contributed by atoms with Gasteiger partial charge in [0.15, 0.2) is 0 Å². The van der Waals surface area contributed by atoms with Crippen LogP contribution in [0.4, 0.5) is 5.69 Å². The van der Waals surface area contributed by atoms with Crippen molar-refractivity contribution in [3.8, 4) is 5.75 Å². The van der Waals surface area contributed by atoms with E-state index in [2.05, 4.69) is 29.2 Å². The average molecular weight is 368 g/mol. The molecule has 1 heterocycles. The van der Waals surface area contributed by atoms with Crippen LogP contribution in [0.3, 0.4) is 0 Å². The van der Waals surface area contributed by atoms with Crippen molar-refractivity contribution in [1.82, 2.24) is 4.90 Å². The lowest BCUT2D eigenvalue weighted by Crippen LogP contribution is -2.43. The van der Waals surface area contributed by atoms with Gasteiger partial charge in [-0.2, -0.15) is 0 Å². The number of anilines is 1. The summed E-state index contributed by atoms with van der Waals surface area (Å²) in [4.78, 5) is 16.7. The molecule has 1 atom stereocenters. The summed E-state index contributed by atoms with van der Waals surface area (Å²) in [7, 11) is 4.04. The van der Waals surface area contributed by atoms with Gasteiger partial charge in [-0.25, -0.2) is 0 Å². The molecule has 1 saturated heterocycles. The van der Waals surface area contributed by atoms with E-state index < -0.39 is 0 Å². The molecule has 2 aromatic rings. The first-order valence-electron chi connectivity index (χ1n) is 9.45. The number of nitrogens with zero attached hydrogens (tertiary/aromatic N) is 2. The maximum absolute atomic E-state index is 12.7. The van der Waals surface area contributed by atoms with Crippen LogP contribution in [0.5, 0.6) is 5.75 Å². The van der Waals surface area contributed by atoms with Crippen LogP contribution >= 0.6 is 0 Å². The van der Waals surface area contributed by atoms with E-state index in [1.807, 2.05) is 50.2 Å². The lowest BCUT2D eigenvalue weighted by molar-refractivity contribution is -0.138. The molecular weight excluding hydrogens is 340 g/mol. The van der Waals surface area contributed by atoms with Gasteiger partial charge in [0.1, 0.15) is 11.9 Å². The highest BCUT2D eigenvalue weighted by molar-refractivity contribution is 5.79. The van der Waals surface area contributed by atoms with Crippen molar-refractivity contribution >= 4 is 11.6 Å². The first kappa shape index (κ1) is 19.2. The Labute approximate surface area is 161 Å². The van der Waals surface area contributed by atoms with Crippen LogP contribution in [0, 0.1) is 0 Å². The highest BCUT2D eigenvalue weighted by Gasteiger charge is 2.25. The van der Waals surface area contributed by atoms with Gasteiger partial charge in [0.05, 0.1) is 26.2 Å². The minimum absolute atomic E-state index is 0.0701. The van der Waals surface area contributed by atoms with Crippen molar-refractivity contribution in [1.29, 1.82) is 0 Å². The van der Waals surface area contributed by atoms with E-state index in [4.69, 9.17) is 9.47 Å². The zero-order valence-electron chi connectivity index (χ0n) is 16.4. The molecular formula is C22H28N2O3. The minimum atomic E-state index is -0.0701. The number of morpholine rings is 1. The van der Waals surface area contributed by atoms with E-state index in [9.17, 15) is 4.79 Å². The van der Waals surface area contributed by atoms with Crippen LogP contribution in [-0.2, 0) is 16.0 Å². The van der Waals surface area contributed by atoms with Crippen molar-refractivity contribution in [3.63, 3.8) is 0 Å². The maximum Gasteiger partial charge on any atom is 0.227 e. The van der Waals surface area contributed by atoms with Gasteiger partial charge in [-0.15, -0.1) is 0 Å². The highest BCUT2D eigenvalue weighted by atomic mass is 16.5. The molecule has 144 valence electrons. The maximum atomic E-state index is 12.7. The van der Waals surface area contributed by atoms with E-state index in [-0.39, 0.29) is 12.0 Å². The molecule has 1 unspecified atom stereocenters. The zero-order valence-corrected chi connectivity index (χ0v) is 16.4. The number of hydrogen-bond donors (Lipinski definition) is 0. The Balaban J connectivity index is 1.60. The first-order chi connectivity index (χ1) is 13.1. The smallest absolute Gasteiger partial charge is 0.227 e. The fourth-order valence-corrected chi connectivity index (χ4v) is 3.22. The number of carbonyl (C=O) groups excluding carboxylic acids is 1. The van der Waals surface area contributed by atoms with E-state index in [1.54, 1.807) is 0 Å². The summed E-state index contributed by atoms with van der Waals surface area (Å²) < 4.78 is 11.4. The fourth-order valence-electron chi connectivity index (χ4n) is 3.22. The Morgan fingerprint density at radius 3 is 2.48 bits per heavy atom. The third-order valence-corrected chi connectivity index (χ3v) is 4.79. The SMILES string of the molecule is CCOc1ccc(CC(=O)N2CCOC(c3ccc(N(C)C)cc3)C2)cc1. The summed E-state index contributed by atoms with van der Waals surface area (Å²) >= 11 is 0. The molecule has 1 aliphatic heterocycles. The average Bonchev–Trinajstić information content (AvgIpc) is 2.70. The minimum Gasteiger partial charge on any atom is -0.494 e. The monoisotopic (exact) mass is 368 g/mol. The van der Waals surface area contributed by atoms with Gasteiger partial charge in [0.2, 0.25) is 5.91 Å². The lowest BCUT2D eigenvalue weighted by Gasteiger charge is -2.33. The van der Waals surface area contributed by atoms with Crippen molar-refractivity contribution < 1.29 is 14.3 Å². The molecule has 5 heteroatoms. The van der Waals surface area contributed by atoms with Crippen LogP contribution in [0.15, 0.2) is 48.5 Å². The summed E-state index contributed by atoms with van der Waals surface area (Å²) in [5, 5.41) is 0. The van der Waals surface area contributed by atoms with Gasteiger partial charge < -0.3 is 19.3 Å². The molecule has 1 fully saturated rings. The van der Waals surface area contributed by atoms with Gasteiger partial charge >= 0.3 is 0 Å². The number of carbonyl (C=O) groups is 1. The van der Waals surface area contributed by atoms with E-state index in [0.717, 1.165) is 22.6 Å². The van der Waals surface area contributed by atoms with E-state index in [0.29, 0.717) is 32.7 Å². The van der Waals surface area contributed by atoms with Crippen LogP contribution in [0.1, 0.15) is 24.2 Å². The van der Waals surface area contributed by atoms with E-state index >= 15 is 0 Å². The second-order valence-corrected chi connectivity index (χ2v) is 6.94. The largest absolute Gasteiger partial charge is 0.494 e. The lowest BCUT2D eigenvalue weighted by atomic mass is 10.1. The third-order valence-electron chi connectivity index (χ3n) is 4.79. The highest BCUT2D eigenvalue weighted by Crippen LogP contribution is 2.25. The van der Waals surface area contributed by atoms with E-state index in [1.165, 1.54) is 0 Å². The molecule has 0 radical (unpaired) electrons. The Kier molecular flexibility index (Phi) is 6.35. The van der Waals surface area contributed by atoms with Crippen LogP contribution in [0.25, 0.3) is 0 Å². The molecule has 0 N–H and O–H groups in total. The molecule has 5 nitrogen and oxygen atoms in total. The van der Waals surface area contributed by atoms with Crippen molar-refractivity contribution in [2.75, 3.05) is 45.3 Å². The normalized spacial score (nSPS) is 16.9. The molecule has 0 bridgehead atoms. The quantitative estimate of drug-likeness (QED) is 0.785. The summed E-state index contributed by atoms with van der Waals surface area (Å²) in [6.07, 6.45) is 0.331. The molecule has 1 amide bonds. The first-order valence-corrected chi connectivity index (χ1v) is 9.45. The molecule has 0 aromatic heterocycles. The Morgan fingerprint density at radius 2 is 1.85 bits per heavy atom. The number of benzene rings is 2. The van der Waals surface area contributed by atoms with Crippen LogP contribution < -0.4 is 9.64 Å². The van der Waals surface area contributed by atoms with Gasteiger partial charge in [-0.1, -0.05) is 24.3 Å². The predicted molar refractivity (Wildman–Crippen MR) is 107 cm³/mol. The Morgan fingerprint density at radius 1 is 1.15 bits per heavy atom. The number of amides is 1. The van der Waals surface area contributed by atoms with Crippen LogP contribution in [-0.4, -0.2) is 51.2 Å². The van der Waals surface area contributed by atoms with Crippen molar-refractivity contribution in [3.05, 3.63) is 59.7 Å². The second kappa shape index (κ2) is 8.91. The fraction of sp³-hybridized carbons (Fsp3) is 0.409. The molecule has 0 spiro atoms. The Hall–Kier alpha value is -2.53. The molecule has 1 aliphatic rings. The summed E-state index contributed by atoms with van der Waals surface area (Å²) in [5.41, 5.74) is 3.26. The standard InChI is InChI=1S/C22H28N2O3/c1-4-26-20-11-5-17(6-12-20)15-22(25)24-13-14-27-21(16-24)18-7-9-19(10-8-18)23(2)3/h5-12,21H,4,13-16H2,1-3H3. The van der Waals surface area contributed by atoms with Gasteiger partial charge in [-0.3, -0.25) is 4.79 Å². The second-order valence-electron chi connectivity index (χ2n) is 6.94. The molecule has 0 aliphatic carbocycles. The molecule has 27 heavy (non-hydrogen) atoms. The van der Waals surface area contributed by atoms with Crippen molar-refractivity contribution in [2.45, 2.75) is 19.4 Å². The van der Waals surface area contributed by atoms with Gasteiger partial charge in [0, 0.05) is 26.3 Å². The third kappa shape index (κ3) is 5.01. The van der Waals surface area contributed by atoms with Gasteiger partial charge in [0.25, 0.3) is 0 Å². The number of hydrogen-bond acceptors (Lipinski definition) is 4. The Bertz CT molecular complexity index is 741. The van der Waals surface area contributed by atoms with Crippen molar-refractivity contribution in [2.24, 2.45) is 0 Å². The molecule has 0 saturated carbocycles.